The minimum absolute atomic E-state index is 0. The van der Waals surface area contributed by atoms with Crippen molar-refractivity contribution >= 4 is 18.3 Å². The second-order valence-corrected chi connectivity index (χ2v) is 6.40. The summed E-state index contributed by atoms with van der Waals surface area (Å²) in [5.41, 5.74) is 0.119. The predicted molar refractivity (Wildman–Crippen MR) is 83.2 cm³/mol. The molecular formula is C15H29ClN2O2. The standard InChI is InChI=1S/C15H28N2O2.ClH/c1-3-4-15(5-6-15)13(18)17-11-14(12-19-2)7-9-16-10-8-14;/h16H,3-12H2,1-2H3,(H,17,18);1H. The maximum absolute atomic E-state index is 12.3. The molecule has 2 rings (SSSR count). The molecule has 20 heavy (non-hydrogen) atoms. The Morgan fingerprint density at radius 1 is 1.25 bits per heavy atom. The summed E-state index contributed by atoms with van der Waals surface area (Å²) in [5, 5.41) is 6.60. The predicted octanol–water partition coefficient (Wildman–Crippen LogP) is 2.12. The molecule has 0 unspecified atom stereocenters. The van der Waals surface area contributed by atoms with Crippen LogP contribution in [-0.2, 0) is 9.53 Å². The molecule has 0 atom stereocenters. The van der Waals surface area contributed by atoms with Crippen LogP contribution in [0.3, 0.4) is 0 Å². The lowest BCUT2D eigenvalue weighted by Crippen LogP contribution is -2.48. The lowest BCUT2D eigenvalue weighted by atomic mass is 9.79. The first-order valence-electron chi connectivity index (χ1n) is 7.64. The average Bonchev–Trinajstić information content (AvgIpc) is 3.19. The summed E-state index contributed by atoms with van der Waals surface area (Å²) in [7, 11) is 1.76. The number of methoxy groups -OCH3 is 1. The normalized spacial score (nSPS) is 22.7. The van der Waals surface area contributed by atoms with Crippen LogP contribution in [0.4, 0.5) is 0 Å². The zero-order valence-electron chi connectivity index (χ0n) is 12.8. The van der Waals surface area contributed by atoms with Gasteiger partial charge in [0.2, 0.25) is 5.91 Å². The van der Waals surface area contributed by atoms with Gasteiger partial charge in [-0.15, -0.1) is 12.4 Å². The molecule has 4 nitrogen and oxygen atoms in total. The monoisotopic (exact) mass is 304 g/mol. The van der Waals surface area contributed by atoms with Gasteiger partial charge in [-0.1, -0.05) is 13.3 Å². The topological polar surface area (TPSA) is 50.4 Å². The first-order chi connectivity index (χ1) is 9.16. The maximum atomic E-state index is 12.3. The van der Waals surface area contributed by atoms with E-state index in [1.807, 2.05) is 0 Å². The second-order valence-electron chi connectivity index (χ2n) is 6.40. The van der Waals surface area contributed by atoms with Gasteiger partial charge in [0.15, 0.2) is 0 Å². The third-order valence-electron chi connectivity index (χ3n) is 4.80. The molecule has 0 spiro atoms. The first kappa shape index (κ1) is 17.7. The molecule has 0 radical (unpaired) electrons. The van der Waals surface area contributed by atoms with E-state index in [2.05, 4.69) is 17.6 Å². The van der Waals surface area contributed by atoms with Crippen molar-refractivity contribution in [3.05, 3.63) is 0 Å². The van der Waals surface area contributed by atoms with Crippen molar-refractivity contribution in [1.82, 2.24) is 10.6 Å². The van der Waals surface area contributed by atoms with Gasteiger partial charge in [-0.2, -0.15) is 0 Å². The molecule has 5 heteroatoms. The van der Waals surface area contributed by atoms with E-state index in [0.717, 1.165) is 64.8 Å². The summed E-state index contributed by atoms with van der Waals surface area (Å²) in [5.74, 6) is 0.281. The number of hydrogen-bond donors (Lipinski definition) is 2. The molecule has 0 aromatic rings. The van der Waals surface area contributed by atoms with Crippen LogP contribution in [0.15, 0.2) is 0 Å². The zero-order chi connectivity index (χ0) is 13.8. The van der Waals surface area contributed by atoms with Crippen LogP contribution in [0.5, 0.6) is 0 Å². The van der Waals surface area contributed by atoms with E-state index in [0.29, 0.717) is 0 Å². The minimum Gasteiger partial charge on any atom is -0.384 e. The van der Waals surface area contributed by atoms with E-state index in [1.54, 1.807) is 7.11 Å². The molecular weight excluding hydrogens is 276 g/mol. The Morgan fingerprint density at radius 3 is 2.40 bits per heavy atom. The molecule has 0 aromatic carbocycles. The number of rotatable bonds is 7. The number of halogens is 1. The highest BCUT2D eigenvalue weighted by Crippen LogP contribution is 2.49. The Labute approximate surface area is 128 Å². The maximum Gasteiger partial charge on any atom is 0.226 e. The van der Waals surface area contributed by atoms with Gasteiger partial charge in [0.25, 0.3) is 0 Å². The van der Waals surface area contributed by atoms with E-state index in [1.165, 1.54) is 0 Å². The van der Waals surface area contributed by atoms with E-state index in [4.69, 9.17) is 4.74 Å². The van der Waals surface area contributed by atoms with E-state index >= 15 is 0 Å². The molecule has 2 aliphatic rings. The molecule has 1 aliphatic heterocycles. The van der Waals surface area contributed by atoms with E-state index < -0.39 is 0 Å². The van der Waals surface area contributed by atoms with Crippen molar-refractivity contribution in [1.29, 1.82) is 0 Å². The molecule has 2 N–H and O–H groups in total. The van der Waals surface area contributed by atoms with Crippen LogP contribution in [-0.4, -0.2) is 39.3 Å². The Bertz CT molecular complexity index is 307. The number of hydrogen-bond acceptors (Lipinski definition) is 3. The SMILES string of the molecule is CCCC1(C(=O)NCC2(COC)CCNCC2)CC1.Cl. The lowest BCUT2D eigenvalue weighted by Gasteiger charge is -2.37. The summed E-state index contributed by atoms with van der Waals surface area (Å²) in [4.78, 5) is 12.3. The van der Waals surface area contributed by atoms with Crippen molar-refractivity contribution in [2.24, 2.45) is 10.8 Å². The fourth-order valence-corrected chi connectivity index (χ4v) is 3.31. The summed E-state index contributed by atoms with van der Waals surface area (Å²) >= 11 is 0. The Hall–Kier alpha value is -0.320. The van der Waals surface area contributed by atoms with Crippen LogP contribution in [0.25, 0.3) is 0 Å². The molecule has 1 saturated heterocycles. The molecule has 0 aromatic heterocycles. The summed E-state index contributed by atoms with van der Waals surface area (Å²) in [6, 6.07) is 0. The summed E-state index contributed by atoms with van der Waals surface area (Å²) in [6.45, 7) is 5.73. The number of amides is 1. The van der Waals surface area contributed by atoms with Crippen LogP contribution < -0.4 is 10.6 Å². The number of nitrogens with one attached hydrogen (secondary N) is 2. The minimum atomic E-state index is -0.0179. The molecule has 1 amide bonds. The smallest absolute Gasteiger partial charge is 0.226 e. The molecule has 0 bridgehead atoms. The van der Waals surface area contributed by atoms with Crippen molar-refractivity contribution < 1.29 is 9.53 Å². The number of piperidine rings is 1. The van der Waals surface area contributed by atoms with Gasteiger partial charge in [0.1, 0.15) is 0 Å². The largest absolute Gasteiger partial charge is 0.384 e. The number of carbonyl (C=O) groups is 1. The van der Waals surface area contributed by atoms with Gasteiger partial charge >= 0.3 is 0 Å². The Morgan fingerprint density at radius 2 is 1.90 bits per heavy atom. The van der Waals surface area contributed by atoms with Gasteiger partial charge in [-0.25, -0.2) is 0 Å². The Balaban J connectivity index is 0.00000200. The molecule has 1 saturated carbocycles. The van der Waals surface area contributed by atoms with Crippen LogP contribution >= 0.6 is 12.4 Å². The van der Waals surface area contributed by atoms with Crippen molar-refractivity contribution in [2.45, 2.75) is 45.4 Å². The average molecular weight is 305 g/mol. The van der Waals surface area contributed by atoms with Crippen LogP contribution in [0.2, 0.25) is 0 Å². The van der Waals surface area contributed by atoms with E-state index in [-0.39, 0.29) is 29.1 Å². The lowest BCUT2D eigenvalue weighted by molar-refractivity contribution is -0.127. The van der Waals surface area contributed by atoms with Gasteiger partial charge < -0.3 is 15.4 Å². The Kier molecular flexibility index (Phi) is 6.76. The highest BCUT2D eigenvalue weighted by molar-refractivity contribution is 5.85. The second kappa shape index (κ2) is 7.62. The highest BCUT2D eigenvalue weighted by atomic mass is 35.5. The van der Waals surface area contributed by atoms with Gasteiger partial charge in [0.05, 0.1) is 6.61 Å². The van der Waals surface area contributed by atoms with E-state index in [9.17, 15) is 4.79 Å². The fourth-order valence-electron chi connectivity index (χ4n) is 3.31. The molecule has 118 valence electrons. The third kappa shape index (κ3) is 4.09. The van der Waals surface area contributed by atoms with Gasteiger partial charge in [-0.05, 0) is 45.2 Å². The summed E-state index contributed by atoms with van der Waals surface area (Å²) < 4.78 is 5.39. The third-order valence-corrected chi connectivity index (χ3v) is 4.80. The quantitative estimate of drug-likeness (QED) is 0.757. The zero-order valence-corrected chi connectivity index (χ0v) is 13.6. The van der Waals surface area contributed by atoms with Crippen molar-refractivity contribution in [3.63, 3.8) is 0 Å². The van der Waals surface area contributed by atoms with Crippen LogP contribution in [0, 0.1) is 10.8 Å². The molecule has 1 heterocycles. The first-order valence-corrected chi connectivity index (χ1v) is 7.64. The van der Waals surface area contributed by atoms with Crippen molar-refractivity contribution in [3.8, 4) is 0 Å². The molecule has 2 fully saturated rings. The summed E-state index contributed by atoms with van der Waals surface area (Å²) in [6.07, 6.45) is 6.46. The number of carbonyl (C=O) groups excluding carboxylic acids is 1. The van der Waals surface area contributed by atoms with Crippen LogP contribution in [0.1, 0.15) is 45.4 Å². The highest BCUT2D eigenvalue weighted by Gasteiger charge is 2.49. The molecule has 1 aliphatic carbocycles. The van der Waals surface area contributed by atoms with Crippen molar-refractivity contribution in [2.75, 3.05) is 33.4 Å². The number of ether oxygens (including phenoxy) is 1. The van der Waals surface area contributed by atoms with Gasteiger partial charge in [0, 0.05) is 24.5 Å². The fraction of sp³-hybridized carbons (Fsp3) is 0.933. The van der Waals surface area contributed by atoms with Gasteiger partial charge in [-0.3, -0.25) is 4.79 Å².